The largest absolute Gasteiger partial charge is 0.507 e. The van der Waals surface area contributed by atoms with Gasteiger partial charge in [-0.05, 0) is 36.8 Å². The van der Waals surface area contributed by atoms with Gasteiger partial charge < -0.3 is 5.11 Å². The molecule has 3 N–H and O–H groups in total. The number of rotatable bonds is 5. The van der Waals surface area contributed by atoms with E-state index < -0.39 is 38.4 Å². The number of nitro groups is 1. The maximum Gasteiger partial charge on any atom is 0.300 e. The Hall–Kier alpha value is -4.35. The zero-order valence-electron chi connectivity index (χ0n) is 18.3. The highest BCUT2D eigenvalue weighted by molar-refractivity contribution is 7.89. The summed E-state index contributed by atoms with van der Waals surface area (Å²) in [5.74, 6) is -2.42. The number of anilines is 1. The van der Waals surface area contributed by atoms with E-state index >= 15 is 0 Å². The van der Waals surface area contributed by atoms with Gasteiger partial charge in [0.2, 0.25) is 10.0 Å². The van der Waals surface area contributed by atoms with Crippen molar-refractivity contribution in [1.29, 1.82) is 0 Å². The first-order chi connectivity index (χ1) is 16.5. The number of amides is 1. The Labute approximate surface area is 200 Å². The topological polar surface area (TPSA) is 161 Å². The van der Waals surface area contributed by atoms with E-state index in [0.717, 1.165) is 10.5 Å². The number of carbonyl (C=O) groups excluding carboxylic acids is 2. The quantitative estimate of drug-likeness (QED) is 0.181. The number of nitrogens with two attached hydrogens (primary N) is 1. The number of primary sulfonamides is 1. The molecule has 1 atom stereocenters. The van der Waals surface area contributed by atoms with E-state index in [1.54, 1.807) is 24.3 Å². The van der Waals surface area contributed by atoms with E-state index in [-0.39, 0.29) is 33.0 Å². The van der Waals surface area contributed by atoms with E-state index in [2.05, 4.69) is 0 Å². The fraction of sp³-hybridized carbons (Fsp3) is 0.0833. The van der Waals surface area contributed by atoms with Crippen LogP contribution in [0.15, 0.2) is 83.3 Å². The smallest absolute Gasteiger partial charge is 0.300 e. The second-order valence-electron chi connectivity index (χ2n) is 7.93. The molecule has 0 aromatic heterocycles. The molecular weight excluding hydrogens is 474 g/mol. The molecule has 1 amide bonds. The summed E-state index contributed by atoms with van der Waals surface area (Å²) in [7, 11) is -4.01. The van der Waals surface area contributed by atoms with Crippen LogP contribution in [0.5, 0.6) is 0 Å². The van der Waals surface area contributed by atoms with Crippen LogP contribution in [-0.2, 0) is 19.6 Å². The Morgan fingerprint density at radius 3 is 2.23 bits per heavy atom. The molecule has 0 spiro atoms. The predicted octanol–water partition coefficient (Wildman–Crippen LogP) is 3.18. The summed E-state index contributed by atoms with van der Waals surface area (Å²) in [6.07, 6.45) is 0. The highest BCUT2D eigenvalue weighted by atomic mass is 32.2. The molecule has 1 saturated heterocycles. The number of benzene rings is 3. The Balaban J connectivity index is 1.95. The van der Waals surface area contributed by atoms with Gasteiger partial charge in [-0.25, -0.2) is 13.6 Å². The van der Waals surface area contributed by atoms with E-state index in [1.165, 1.54) is 48.5 Å². The van der Waals surface area contributed by atoms with Gasteiger partial charge in [-0.1, -0.05) is 42.0 Å². The lowest BCUT2D eigenvalue weighted by molar-refractivity contribution is -0.384. The van der Waals surface area contributed by atoms with Crippen LogP contribution >= 0.6 is 0 Å². The lowest BCUT2D eigenvalue weighted by Crippen LogP contribution is -2.29. The average Bonchev–Trinajstić information content (AvgIpc) is 3.09. The molecular formula is C24H19N3O7S. The minimum atomic E-state index is -4.01. The second-order valence-corrected chi connectivity index (χ2v) is 9.49. The third kappa shape index (κ3) is 4.42. The number of aliphatic hydroxyl groups is 1. The van der Waals surface area contributed by atoms with Gasteiger partial charge in [-0.3, -0.25) is 24.6 Å². The molecule has 1 fully saturated rings. The molecule has 0 radical (unpaired) electrons. The Morgan fingerprint density at radius 2 is 1.66 bits per heavy atom. The lowest BCUT2D eigenvalue weighted by atomic mass is 9.94. The number of non-ortho nitro benzene ring substituents is 1. The van der Waals surface area contributed by atoms with Crippen LogP contribution in [0.1, 0.15) is 22.7 Å². The molecule has 1 heterocycles. The molecule has 0 aliphatic carbocycles. The summed E-state index contributed by atoms with van der Waals surface area (Å²) >= 11 is 0. The summed E-state index contributed by atoms with van der Waals surface area (Å²) in [4.78, 5) is 37.9. The van der Waals surface area contributed by atoms with Gasteiger partial charge in [-0.15, -0.1) is 0 Å². The molecule has 178 valence electrons. The molecule has 11 heteroatoms. The van der Waals surface area contributed by atoms with Crippen LogP contribution in [-0.4, -0.2) is 30.1 Å². The number of hydrogen-bond donors (Lipinski definition) is 2. The number of ketones is 1. The molecule has 1 unspecified atom stereocenters. The highest BCUT2D eigenvalue weighted by Crippen LogP contribution is 2.43. The molecule has 0 saturated carbocycles. The first-order valence-electron chi connectivity index (χ1n) is 10.2. The maximum atomic E-state index is 13.1. The van der Waals surface area contributed by atoms with Gasteiger partial charge in [-0.2, -0.15) is 0 Å². The predicted molar refractivity (Wildman–Crippen MR) is 127 cm³/mol. The first-order valence-corrected chi connectivity index (χ1v) is 11.8. The van der Waals surface area contributed by atoms with Crippen LogP contribution in [0.25, 0.3) is 5.76 Å². The van der Waals surface area contributed by atoms with Crippen molar-refractivity contribution in [2.45, 2.75) is 17.9 Å². The number of nitro benzene ring substituents is 1. The van der Waals surface area contributed by atoms with Crippen molar-refractivity contribution >= 4 is 38.8 Å². The van der Waals surface area contributed by atoms with Gasteiger partial charge in [0, 0.05) is 23.4 Å². The summed E-state index contributed by atoms with van der Waals surface area (Å²) in [6.45, 7) is 1.84. The summed E-state index contributed by atoms with van der Waals surface area (Å²) in [5, 5.41) is 27.6. The van der Waals surface area contributed by atoms with E-state index in [9.17, 15) is 33.2 Å². The van der Waals surface area contributed by atoms with Crippen molar-refractivity contribution in [3.8, 4) is 0 Å². The van der Waals surface area contributed by atoms with Crippen molar-refractivity contribution in [3.63, 3.8) is 0 Å². The van der Waals surface area contributed by atoms with Crippen LogP contribution < -0.4 is 10.0 Å². The SMILES string of the molecule is Cc1ccc(/C(O)=C2/C(=O)C(=O)N(c3ccc(S(N)(=O)=O)cc3)C2c2cccc([N+](=O)[O-])c2)cc1. The minimum Gasteiger partial charge on any atom is -0.507 e. The lowest BCUT2D eigenvalue weighted by Gasteiger charge is -2.25. The summed E-state index contributed by atoms with van der Waals surface area (Å²) in [6, 6.07) is 15.7. The Kier molecular flexibility index (Phi) is 5.97. The number of aryl methyl sites for hydroxylation is 1. The van der Waals surface area contributed by atoms with Crippen molar-refractivity contribution < 1.29 is 28.0 Å². The zero-order chi connectivity index (χ0) is 25.5. The van der Waals surface area contributed by atoms with Crippen LogP contribution in [0, 0.1) is 17.0 Å². The number of aliphatic hydroxyl groups excluding tert-OH is 1. The standard InChI is InChI=1S/C24H19N3O7S/c1-14-5-7-15(8-6-14)22(28)20-21(16-3-2-4-18(13-16)27(31)32)26(24(30)23(20)29)17-9-11-19(12-10-17)35(25,33)34/h2-13,21,28H,1H3,(H2,25,33,34)/b22-20-. The summed E-state index contributed by atoms with van der Waals surface area (Å²) < 4.78 is 23.3. The molecule has 1 aliphatic heterocycles. The van der Waals surface area contributed by atoms with Crippen molar-refractivity contribution in [2.75, 3.05) is 4.90 Å². The number of nitrogens with zero attached hydrogens (tertiary/aromatic N) is 2. The van der Waals surface area contributed by atoms with Crippen LogP contribution in [0.3, 0.4) is 0 Å². The van der Waals surface area contributed by atoms with E-state index in [0.29, 0.717) is 0 Å². The molecule has 3 aromatic rings. The van der Waals surface area contributed by atoms with Crippen LogP contribution in [0.2, 0.25) is 0 Å². The van der Waals surface area contributed by atoms with Gasteiger partial charge in [0.05, 0.1) is 21.4 Å². The Morgan fingerprint density at radius 1 is 1.03 bits per heavy atom. The van der Waals surface area contributed by atoms with Gasteiger partial charge in [0.25, 0.3) is 17.4 Å². The summed E-state index contributed by atoms with van der Waals surface area (Å²) in [5.41, 5.74) is 1.02. The van der Waals surface area contributed by atoms with Crippen LogP contribution in [0.4, 0.5) is 11.4 Å². The van der Waals surface area contributed by atoms with Gasteiger partial charge in [0.1, 0.15) is 5.76 Å². The normalized spacial score (nSPS) is 17.5. The molecule has 3 aromatic carbocycles. The number of Topliss-reactive ketones (excluding diaryl/α,β-unsaturated/α-hetero) is 1. The average molecular weight is 493 g/mol. The maximum absolute atomic E-state index is 13.1. The third-order valence-corrected chi connectivity index (χ3v) is 6.54. The van der Waals surface area contributed by atoms with Crippen molar-refractivity contribution in [2.24, 2.45) is 5.14 Å². The minimum absolute atomic E-state index is 0.138. The van der Waals surface area contributed by atoms with Gasteiger partial charge >= 0.3 is 0 Å². The van der Waals surface area contributed by atoms with E-state index in [4.69, 9.17) is 5.14 Å². The van der Waals surface area contributed by atoms with Crippen molar-refractivity contribution in [1.82, 2.24) is 0 Å². The molecule has 0 bridgehead atoms. The van der Waals surface area contributed by atoms with E-state index in [1.807, 2.05) is 6.92 Å². The second kappa shape index (κ2) is 8.78. The number of hydrogen-bond acceptors (Lipinski definition) is 7. The number of sulfonamides is 1. The first kappa shape index (κ1) is 23.8. The molecule has 35 heavy (non-hydrogen) atoms. The molecule has 4 rings (SSSR count). The van der Waals surface area contributed by atoms with Crippen molar-refractivity contribution in [3.05, 3.63) is 105 Å². The Bertz CT molecular complexity index is 1490. The molecule has 1 aliphatic rings. The zero-order valence-corrected chi connectivity index (χ0v) is 19.1. The number of carbonyl (C=O) groups is 2. The fourth-order valence-corrected chi connectivity index (χ4v) is 4.40. The molecule has 10 nitrogen and oxygen atoms in total. The highest BCUT2D eigenvalue weighted by Gasteiger charge is 2.47. The van der Waals surface area contributed by atoms with Gasteiger partial charge in [0.15, 0.2) is 0 Å². The third-order valence-electron chi connectivity index (χ3n) is 5.61. The fourth-order valence-electron chi connectivity index (χ4n) is 3.89. The monoisotopic (exact) mass is 493 g/mol.